The van der Waals surface area contributed by atoms with E-state index in [0.717, 1.165) is 33.6 Å². The molecule has 0 bridgehead atoms. The molecule has 0 aliphatic carbocycles. The van der Waals surface area contributed by atoms with Gasteiger partial charge in [-0.25, -0.2) is 4.68 Å². The van der Waals surface area contributed by atoms with Crippen LogP contribution < -0.4 is 5.56 Å². The van der Waals surface area contributed by atoms with Crippen molar-refractivity contribution in [2.45, 2.75) is 73.1 Å². The predicted molar refractivity (Wildman–Crippen MR) is 132 cm³/mol. The van der Waals surface area contributed by atoms with Gasteiger partial charge in [-0.3, -0.25) is 9.69 Å². The molecule has 0 fully saturated rings. The van der Waals surface area contributed by atoms with Gasteiger partial charge in [-0.15, -0.1) is 5.10 Å². The van der Waals surface area contributed by atoms with Crippen molar-refractivity contribution < 1.29 is 4.42 Å². The number of tetrazole rings is 1. The van der Waals surface area contributed by atoms with Gasteiger partial charge >= 0.3 is 0 Å². The summed E-state index contributed by atoms with van der Waals surface area (Å²) in [7, 11) is 0. The Kier molecular flexibility index (Phi) is 6.45. The number of rotatable bonds is 7. The summed E-state index contributed by atoms with van der Waals surface area (Å²) >= 11 is 0. The van der Waals surface area contributed by atoms with Crippen LogP contribution in [0.4, 0.5) is 0 Å². The molecule has 1 aromatic carbocycles. The zero-order chi connectivity index (χ0) is 24.6. The quantitative estimate of drug-likeness (QED) is 0.421. The summed E-state index contributed by atoms with van der Waals surface area (Å²) in [5.74, 6) is 1.79. The van der Waals surface area contributed by atoms with Crippen molar-refractivity contribution in [3.63, 3.8) is 0 Å². The molecule has 34 heavy (non-hydrogen) atoms. The Morgan fingerprint density at radius 1 is 1.12 bits per heavy atom. The van der Waals surface area contributed by atoms with Gasteiger partial charge in [0.2, 0.25) is 0 Å². The standard InChI is InChI=1S/C26H34N6O2/c1-16(2)23(24-28-29-30-32(24)26(5,6)7)31(15-20-9-8-12-34-20)14-19-13-21-17(3)10-11-18(4)22(21)27-25(19)33/h8-13,16,23H,14-15H2,1-7H3,(H,27,33)/t23-/m0/s1. The van der Waals surface area contributed by atoms with Crippen molar-refractivity contribution in [2.75, 3.05) is 0 Å². The van der Waals surface area contributed by atoms with Crippen LogP contribution in [0.1, 0.15) is 68.9 Å². The second-order valence-corrected chi connectivity index (χ2v) is 10.4. The van der Waals surface area contributed by atoms with E-state index >= 15 is 0 Å². The van der Waals surface area contributed by atoms with Crippen LogP contribution in [-0.4, -0.2) is 30.1 Å². The highest BCUT2D eigenvalue weighted by Gasteiger charge is 2.33. The number of aromatic amines is 1. The molecule has 0 radical (unpaired) electrons. The number of nitrogens with one attached hydrogen (secondary N) is 1. The summed E-state index contributed by atoms with van der Waals surface area (Å²) in [6.45, 7) is 15.6. The number of furan rings is 1. The van der Waals surface area contributed by atoms with E-state index in [1.165, 1.54) is 0 Å². The van der Waals surface area contributed by atoms with Gasteiger partial charge in [0.25, 0.3) is 5.56 Å². The monoisotopic (exact) mass is 462 g/mol. The molecule has 3 aromatic heterocycles. The van der Waals surface area contributed by atoms with Crippen LogP contribution in [0.5, 0.6) is 0 Å². The van der Waals surface area contributed by atoms with Gasteiger partial charge in [-0.2, -0.15) is 0 Å². The van der Waals surface area contributed by atoms with Crippen molar-refractivity contribution in [1.82, 2.24) is 30.1 Å². The maximum Gasteiger partial charge on any atom is 0.252 e. The first kappa shape index (κ1) is 23.9. The Labute approximate surface area is 200 Å². The van der Waals surface area contributed by atoms with Crippen molar-refractivity contribution >= 4 is 10.9 Å². The van der Waals surface area contributed by atoms with Crippen LogP contribution in [0.2, 0.25) is 0 Å². The molecule has 0 saturated carbocycles. The zero-order valence-electron chi connectivity index (χ0n) is 21.1. The fourth-order valence-corrected chi connectivity index (χ4v) is 4.55. The maximum absolute atomic E-state index is 13.2. The Balaban J connectivity index is 1.82. The minimum Gasteiger partial charge on any atom is -0.468 e. The number of fused-ring (bicyclic) bond motifs is 1. The molecule has 4 rings (SSSR count). The van der Waals surface area contributed by atoms with E-state index in [-0.39, 0.29) is 23.1 Å². The van der Waals surface area contributed by atoms with Crippen molar-refractivity contribution in [3.8, 4) is 0 Å². The van der Waals surface area contributed by atoms with Crippen LogP contribution in [-0.2, 0) is 18.6 Å². The van der Waals surface area contributed by atoms with Gasteiger partial charge in [0, 0.05) is 17.5 Å². The Morgan fingerprint density at radius 2 is 1.85 bits per heavy atom. The molecule has 4 aromatic rings. The minimum atomic E-state index is -0.280. The van der Waals surface area contributed by atoms with Gasteiger partial charge in [-0.1, -0.05) is 26.0 Å². The van der Waals surface area contributed by atoms with Crippen molar-refractivity contribution in [3.05, 3.63) is 75.2 Å². The third kappa shape index (κ3) is 4.68. The molecular formula is C26H34N6O2. The van der Waals surface area contributed by atoms with Gasteiger partial charge in [0.05, 0.1) is 29.9 Å². The van der Waals surface area contributed by atoms with Crippen LogP contribution in [0.3, 0.4) is 0 Å². The SMILES string of the molecule is Cc1ccc(C)c2[nH]c(=O)c(CN(Cc3ccco3)[C@H](c3nnnn3C(C)(C)C)C(C)C)cc12. The summed E-state index contributed by atoms with van der Waals surface area (Å²) < 4.78 is 7.58. The molecule has 0 aliphatic rings. The lowest BCUT2D eigenvalue weighted by Gasteiger charge is -2.34. The molecule has 3 heterocycles. The largest absolute Gasteiger partial charge is 0.468 e. The van der Waals surface area contributed by atoms with Gasteiger partial charge in [0.15, 0.2) is 5.82 Å². The third-order valence-corrected chi connectivity index (χ3v) is 6.25. The summed E-state index contributed by atoms with van der Waals surface area (Å²) in [6, 6.07) is 9.86. The van der Waals surface area contributed by atoms with Crippen LogP contribution in [0.25, 0.3) is 10.9 Å². The predicted octanol–water partition coefficient (Wildman–Crippen LogP) is 4.88. The maximum atomic E-state index is 13.2. The number of benzene rings is 1. The number of aryl methyl sites for hydroxylation is 2. The lowest BCUT2D eigenvalue weighted by atomic mass is 9.98. The fraction of sp³-hybridized carbons (Fsp3) is 0.462. The van der Waals surface area contributed by atoms with Crippen LogP contribution >= 0.6 is 0 Å². The molecule has 8 heteroatoms. The molecular weight excluding hydrogens is 428 g/mol. The topological polar surface area (TPSA) is 92.8 Å². The van der Waals surface area contributed by atoms with E-state index in [4.69, 9.17) is 4.42 Å². The number of H-pyrrole nitrogens is 1. The minimum absolute atomic E-state index is 0.0800. The van der Waals surface area contributed by atoms with E-state index in [1.54, 1.807) is 6.26 Å². The average Bonchev–Trinajstić information content (AvgIpc) is 3.44. The van der Waals surface area contributed by atoms with E-state index in [2.05, 4.69) is 73.0 Å². The van der Waals surface area contributed by atoms with E-state index < -0.39 is 0 Å². The smallest absolute Gasteiger partial charge is 0.252 e. The average molecular weight is 463 g/mol. The second-order valence-electron chi connectivity index (χ2n) is 10.4. The molecule has 0 spiro atoms. The highest BCUT2D eigenvalue weighted by atomic mass is 16.3. The first-order valence-corrected chi connectivity index (χ1v) is 11.7. The molecule has 1 atom stereocenters. The molecule has 8 nitrogen and oxygen atoms in total. The summed E-state index contributed by atoms with van der Waals surface area (Å²) in [5, 5.41) is 13.8. The summed E-state index contributed by atoms with van der Waals surface area (Å²) in [4.78, 5) is 18.5. The Hall–Kier alpha value is -3.26. The van der Waals surface area contributed by atoms with E-state index in [9.17, 15) is 4.79 Å². The van der Waals surface area contributed by atoms with Gasteiger partial charge in [-0.05, 0) is 80.3 Å². The van der Waals surface area contributed by atoms with E-state index in [0.29, 0.717) is 18.7 Å². The number of aromatic nitrogens is 5. The Morgan fingerprint density at radius 3 is 2.50 bits per heavy atom. The molecule has 0 aliphatic heterocycles. The van der Waals surface area contributed by atoms with E-state index in [1.807, 2.05) is 35.9 Å². The first-order chi connectivity index (χ1) is 16.1. The molecule has 0 saturated heterocycles. The Bertz CT molecular complexity index is 1330. The number of pyridine rings is 1. The molecule has 0 unspecified atom stereocenters. The number of nitrogens with zero attached hydrogens (tertiary/aromatic N) is 5. The molecule has 180 valence electrons. The lowest BCUT2D eigenvalue weighted by Crippen LogP contribution is -2.37. The highest BCUT2D eigenvalue weighted by Crippen LogP contribution is 2.32. The number of hydrogen-bond acceptors (Lipinski definition) is 6. The van der Waals surface area contributed by atoms with Gasteiger partial charge < -0.3 is 9.40 Å². The third-order valence-electron chi connectivity index (χ3n) is 6.25. The van der Waals surface area contributed by atoms with Crippen LogP contribution in [0, 0.1) is 19.8 Å². The van der Waals surface area contributed by atoms with Gasteiger partial charge in [0.1, 0.15) is 5.76 Å². The van der Waals surface area contributed by atoms with Crippen molar-refractivity contribution in [1.29, 1.82) is 0 Å². The first-order valence-electron chi connectivity index (χ1n) is 11.7. The van der Waals surface area contributed by atoms with Crippen LogP contribution in [0.15, 0.2) is 45.8 Å². The highest BCUT2D eigenvalue weighted by molar-refractivity contribution is 5.85. The lowest BCUT2D eigenvalue weighted by molar-refractivity contribution is 0.111. The zero-order valence-corrected chi connectivity index (χ0v) is 21.1. The molecule has 0 amide bonds. The van der Waals surface area contributed by atoms with Crippen molar-refractivity contribution in [2.24, 2.45) is 5.92 Å². The fourth-order valence-electron chi connectivity index (χ4n) is 4.55. The normalized spacial score (nSPS) is 13.3. The summed E-state index contributed by atoms with van der Waals surface area (Å²) in [5.41, 5.74) is 3.42. The second kappa shape index (κ2) is 9.18. The number of hydrogen-bond donors (Lipinski definition) is 1. The summed E-state index contributed by atoms with van der Waals surface area (Å²) in [6.07, 6.45) is 1.67. The molecule has 1 N–H and O–H groups in total.